The number of hydrogen-bond acceptors (Lipinski definition) is 2. The molecule has 0 aromatic heterocycles. The van der Waals surface area contributed by atoms with Gasteiger partial charge in [0.15, 0.2) is 0 Å². The summed E-state index contributed by atoms with van der Waals surface area (Å²) in [5.74, 6) is 1.97. The summed E-state index contributed by atoms with van der Waals surface area (Å²) in [7, 11) is 0. The van der Waals surface area contributed by atoms with Crippen molar-refractivity contribution < 1.29 is 4.79 Å². The van der Waals surface area contributed by atoms with E-state index in [0.717, 1.165) is 50.7 Å². The van der Waals surface area contributed by atoms with Crippen LogP contribution in [0.15, 0.2) is 30.3 Å². The van der Waals surface area contributed by atoms with Gasteiger partial charge in [-0.1, -0.05) is 37.3 Å². The third-order valence-electron chi connectivity index (χ3n) is 5.85. The molecule has 1 aromatic rings. The summed E-state index contributed by atoms with van der Waals surface area (Å²) in [5, 5.41) is 0. The molecule has 0 unspecified atom stereocenters. The number of rotatable bonds is 5. The van der Waals surface area contributed by atoms with Crippen molar-refractivity contribution in [1.29, 1.82) is 0 Å². The van der Waals surface area contributed by atoms with Gasteiger partial charge in [-0.05, 0) is 62.6 Å². The van der Waals surface area contributed by atoms with Gasteiger partial charge in [0.2, 0.25) is 5.91 Å². The van der Waals surface area contributed by atoms with E-state index in [1.54, 1.807) is 0 Å². The average Bonchev–Trinajstić information content (AvgIpc) is 2.62. The molecule has 2 fully saturated rings. The highest BCUT2D eigenvalue weighted by Gasteiger charge is 2.23. The smallest absolute Gasteiger partial charge is 0.223 e. The van der Waals surface area contributed by atoms with Gasteiger partial charge in [0, 0.05) is 26.1 Å². The van der Waals surface area contributed by atoms with Gasteiger partial charge in [0.05, 0.1) is 0 Å². The summed E-state index contributed by atoms with van der Waals surface area (Å²) in [6, 6.07) is 10.8. The van der Waals surface area contributed by atoms with Crippen LogP contribution in [0.5, 0.6) is 0 Å². The van der Waals surface area contributed by atoms with Gasteiger partial charge in [0.25, 0.3) is 0 Å². The van der Waals surface area contributed by atoms with E-state index in [1.807, 2.05) is 0 Å². The van der Waals surface area contributed by atoms with Gasteiger partial charge in [-0.2, -0.15) is 0 Å². The molecule has 24 heavy (non-hydrogen) atoms. The zero-order valence-electron chi connectivity index (χ0n) is 15.1. The monoisotopic (exact) mass is 328 g/mol. The van der Waals surface area contributed by atoms with Crippen molar-refractivity contribution in [2.75, 3.05) is 32.7 Å². The maximum Gasteiger partial charge on any atom is 0.223 e. The summed E-state index contributed by atoms with van der Waals surface area (Å²) in [6.45, 7) is 7.54. The zero-order valence-corrected chi connectivity index (χ0v) is 15.1. The van der Waals surface area contributed by atoms with Crippen LogP contribution in [0.4, 0.5) is 0 Å². The fourth-order valence-corrected chi connectivity index (χ4v) is 4.03. The van der Waals surface area contributed by atoms with Crippen molar-refractivity contribution >= 4 is 5.91 Å². The summed E-state index contributed by atoms with van der Waals surface area (Å²) in [4.78, 5) is 17.0. The maximum absolute atomic E-state index is 12.5. The second kappa shape index (κ2) is 8.66. The molecular weight excluding hydrogens is 296 g/mol. The molecule has 2 aliphatic rings. The van der Waals surface area contributed by atoms with Gasteiger partial charge in [-0.3, -0.25) is 4.79 Å². The molecule has 0 aliphatic carbocycles. The van der Waals surface area contributed by atoms with Crippen LogP contribution in [-0.4, -0.2) is 48.4 Å². The second-order valence-electron chi connectivity index (χ2n) is 7.79. The standard InChI is InChI=1S/C21H32N2O/c1-18-7-12-22(13-8-18)14-11-21(24)23-15-9-20(10-16-23)17-19-5-3-2-4-6-19/h2-6,18,20H,7-17H2,1H3. The van der Waals surface area contributed by atoms with Crippen LogP contribution in [0.3, 0.4) is 0 Å². The average molecular weight is 329 g/mol. The number of amides is 1. The summed E-state index contributed by atoms with van der Waals surface area (Å²) < 4.78 is 0. The Hall–Kier alpha value is -1.35. The van der Waals surface area contributed by atoms with Crippen LogP contribution < -0.4 is 0 Å². The summed E-state index contributed by atoms with van der Waals surface area (Å²) >= 11 is 0. The Bertz CT molecular complexity index is 500. The van der Waals surface area contributed by atoms with Gasteiger partial charge in [0.1, 0.15) is 0 Å². The number of hydrogen-bond donors (Lipinski definition) is 0. The molecule has 3 nitrogen and oxygen atoms in total. The molecule has 2 aliphatic heterocycles. The number of nitrogens with zero attached hydrogens (tertiary/aromatic N) is 2. The molecule has 0 atom stereocenters. The Balaban J connectivity index is 1.36. The maximum atomic E-state index is 12.5. The minimum absolute atomic E-state index is 0.367. The SMILES string of the molecule is CC1CCN(CCC(=O)N2CCC(Cc3ccccc3)CC2)CC1. The van der Waals surface area contributed by atoms with E-state index >= 15 is 0 Å². The predicted molar refractivity (Wildman–Crippen MR) is 98.9 cm³/mol. The normalized spacial score (nSPS) is 21.1. The van der Waals surface area contributed by atoms with E-state index in [0.29, 0.717) is 12.3 Å². The van der Waals surface area contributed by atoms with Gasteiger partial charge in [-0.15, -0.1) is 0 Å². The third kappa shape index (κ3) is 5.07. The third-order valence-corrected chi connectivity index (χ3v) is 5.85. The lowest BCUT2D eigenvalue weighted by molar-refractivity contribution is -0.133. The fraction of sp³-hybridized carbons (Fsp3) is 0.667. The first-order chi connectivity index (χ1) is 11.7. The Kier molecular flexibility index (Phi) is 6.30. The quantitative estimate of drug-likeness (QED) is 0.825. The first-order valence-corrected chi connectivity index (χ1v) is 9.75. The molecule has 0 radical (unpaired) electrons. The fourth-order valence-electron chi connectivity index (χ4n) is 4.03. The van der Waals surface area contributed by atoms with Crippen molar-refractivity contribution in [3.8, 4) is 0 Å². The molecule has 2 saturated heterocycles. The summed E-state index contributed by atoms with van der Waals surface area (Å²) in [5.41, 5.74) is 1.43. The molecule has 3 heteroatoms. The van der Waals surface area contributed by atoms with Gasteiger partial charge >= 0.3 is 0 Å². The zero-order chi connectivity index (χ0) is 16.8. The van der Waals surface area contributed by atoms with Gasteiger partial charge in [-0.25, -0.2) is 0 Å². The minimum atomic E-state index is 0.367. The molecule has 0 bridgehead atoms. The number of piperidine rings is 2. The van der Waals surface area contributed by atoms with E-state index in [-0.39, 0.29) is 0 Å². The Morgan fingerprint density at radius 1 is 1.00 bits per heavy atom. The van der Waals surface area contributed by atoms with Crippen molar-refractivity contribution in [1.82, 2.24) is 9.80 Å². The first kappa shape index (κ1) is 17.5. The molecule has 0 saturated carbocycles. The van der Waals surface area contributed by atoms with E-state index in [9.17, 15) is 4.79 Å². The minimum Gasteiger partial charge on any atom is -0.343 e. The topological polar surface area (TPSA) is 23.6 Å². The lowest BCUT2D eigenvalue weighted by Crippen LogP contribution is -2.41. The second-order valence-corrected chi connectivity index (χ2v) is 7.79. The molecule has 0 spiro atoms. The highest BCUT2D eigenvalue weighted by Crippen LogP contribution is 2.22. The lowest BCUT2D eigenvalue weighted by Gasteiger charge is -2.34. The first-order valence-electron chi connectivity index (χ1n) is 9.75. The van der Waals surface area contributed by atoms with Crippen molar-refractivity contribution in [2.24, 2.45) is 11.8 Å². The van der Waals surface area contributed by atoms with Crippen LogP contribution >= 0.6 is 0 Å². The molecule has 0 N–H and O–H groups in total. The van der Waals surface area contributed by atoms with Crippen LogP contribution in [-0.2, 0) is 11.2 Å². The van der Waals surface area contributed by atoms with Crippen LogP contribution in [0.2, 0.25) is 0 Å². The lowest BCUT2D eigenvalue weighted by atomic mass is 9.90. The van der Waals surface area contributed by atoms with Crippen LogP contribution in [0.1, 0.15) is 44.6 Å². The van der Waals surface area contributed by atoms with E-state index in [4.69, 9.17) is 0 Å². The summed E-state index contributed by atoms with van der Waals surface area (Å²) in [6.07, 6.45) is 6.76. The number of benzene rings is 1. The molecule has 1 amide bonds. The van der Waals surface area contributed by atoms with Crippen molar-refractivity contribution in [3.63, 3.8) is 0 Å². The van der Waals surface area contributed by atoms with Crippen LogP contribution in [0.25, 0.3) is 0 Å². The molecule has 132 valence electrons. The number of carbonyl (C=O) groups is 1. The Morgan fingerprint density at radius 2 is 1.67 bits per heavy atom. The largest absolute Gasteiger partial charge is 0.343 e. The van der Waals surface area contributed by atoms with Crippen molar-refractivity contribution in [3.05, 3.63) is 35.9 Å². The molecule has 1 aromatic carbocycles. The van der Waals surface area contributed by atoms with Gasteiger partial charge < -0.3 is 9.80 Å². The van der Waals surface area contributed by atoms with E-state index in [1.165, 1.54) is 31.5 Å². The molecular formula is C21H32N2O. The Labute approximate surface area is 147 Å². The number of likely N-dealkylation sites (tertiary alicyclic amines) is 2. The highest BCUT2D eigenvalue weighted by atomic mass is 16.2. The predicted octanol–water partition coefficient (Wildman–Crippen LogP) is 3.59. The van der Waals surface area contributed by atoms with Crippen LogP contribution in [0, 0.1) is 11.8 Å². The number of carbonyl (C=O) groups excluding carboxylic acids is 1. The molecule has 2 heterocycles. The van der Waals surface area contributed by atoms with E-state index in [2.05, 4.69) is 47.1 Å². The Morgan fingerprint density at radius 3 is 2.33 bits per heavy atom. The van der Waals surface area contributed by atoms with E-state index < -0.39 is 0 Å². The molecule has 3 rings (SSSR count). The van der Waals surface area contributed by atoms with Crippen molar-refractivity contribution in [2.45, 2.75) is 45.4 Å². The highest BCUT2D eigenvalue weighted by molar-refractivity contribution is 5.76.